The van der Waals surface area contributed by atoms with Crippen molar-refractivity contribution in [2.24, 2.45) is 0 Å². The van der Waals surface area contributed by atoms with Gasteiger partial charge in [0, 0.05) is 38.5 Å². The quantitative estimate of drug-likeness (QED) is 0.398. The Morgan fingerprint density at radius 2 is 2.05 bits per heavy atom. The molecule has 21 heavy (non-hydrogen) atoms. The number of hydrogen-bond donors (Lipinski definition) is 0. The molecule has 0 amide bonds. The smallest absolute Gasteiger partial charge is 0.137 e. The average Bonchev–Trinajstić information content (AvgIpc) is 2.48. The third-order valence-electron chi connectivity index (χ3n) is 2.51. The molecule has 5 heteroatoms. The number of halogens is 2. The van der Waals surface area contributed by atoms with Crippen molar-refractivity contribution >= 4 is 11.6 Å². The third-order valence-corrected chi connectivity index (χ3v) is 2.70. The van der Waals surface area contributed by atoms with Crippen molar-refractivity contribution in [2.45, 2.75) is 12.8 Å². The second-order valence-corrected chi connectivity index (χ2v) is 4.57. The van der Waals surface area contributed by atoms with Crippen LogP contribution in [0.2, 0.25) is 0 Å². The van der Waals surface area contributed by atoms with E-state index < -0.39 is 0 Å². The summed E-state index contributed by atoms with van der Waals surface area (Å²) in [5, 5.41) is 0. The minimum absolute atomic E-state index is 0.343. The summed E-state index contributed by atoms with van der Waals surface area (Å²) in [5.74, 6) is 6.43. The van der Waals surface area contributed by atoms with E-state index in [1.54, 1.807) is 13.2 Å². The van der Waals surface area contributed by atoms with Crippen molar-refractivity contribution in [1.29, 1.82) is 0 Å². The first-order valence-corrected chi connectivity index (χ1v) is 7.35. The van der Waals surface area contributed by atoms with Crippen LogP contribution in [0.4, 0.5) is 4.39 Å². The molecule has 0 aliphatic rings. The van der Waals surface area contributed by atoms with Crippen LogP contribution in [0.5, 0.6) is 5.75 Å². The standard InChI is InChI=1S/C16H20ClFO3/c1-19-11-12-20-9-4-10-21-16-13-15(18)7-6-14(16)5-2-3-8-17/h6-7,13H,3-4,8-12H2,1H3. The molecule has 0 atom stereocenters. The predicted octanol–water partition coefficient (Wildman–Crippen LogP) is 3.24. The van der Waals surface area contributed by atoms with Crippen molar-refractivity contribution in [3.8, 4) is 17.6 Å². The summed E-state index contributed by atoms with van der Waals surface area (Å²) >= 11 is 5.57. The van der Waals surface area contributed by atoms with E-state index in [1.807, 2.05) is 0 Å². The van der Waals surface area contributed by atoms with Gasteiger partial charge in [-0.25, -0.2) is 4.39 Å². The van der Waals surface area contributed by atoms with Gasteiger partial charge in [-0.15, -0.1) is 11.6 Å². The molecule has 0 bridgehead atoms. The maximum atomic E-state index is 13.3. The highest BCUT2D eigenvalue weighted by molar-refractivity contribution is 6.18. The summed E-state index contributed by atoms with van der Waals surface area (Å²) in [7, 11) is 1.63. The minimum atomic E-state index is -0.343. The van der Waals surface area contributed by atoms with Crippen LogP contribution in [0.1, 0.15) is 18.4 Å². The van der Waals surface area contributed by atoms with Crippen LogP contribution in [0, 0.1) is 17.7 Å². The predicted molar refractivity (Wildman–Crippen MR) is 81.4 cm³/mol. The number of benzene rings is 1. The summed E-state index contributed by atoms with van der Waals surface area (Å²) in [6, 6.07) is 4.32. The number of ether oxygens (including phenoxy) is 3. The van der Waals surface area contributed by atoms with E-state index in [0.29, 0.717) is 50.0 Å². The van der Waals surface area contributed by atoms with Crippen molar-refractivity contribution in [3.63, 3.8) is 0 Å². The fraction of sp³-hybridized carbons (Fsp3) is 0.500. The van der Waals surface area contributed by atoms with Crippen LogP contribution in [0.3, 0.4) is 0 Å². The van der Waals surface area contributed by atoms with Gasteiger partial charge in [0.25, 0.3) is 0 Å². The van der Waals surface area contributed by atoms with Gasteiger partial charge >= 0.3 is 0 Å². The molecule has 0 N–H and O–H groups in total. The zero-order valence-electron chi connectivity index (χ0n) is 12.2. The average molecular weight is 315 g/mol. The fourth-order valence-corrected chi connectivity index (χ4v) is 1.61. The van der Waals surface area contributed by atoms with E-state index in [1.165, 1.54) is 12.1 Å². The summed E-state index contributed by atoms with van der Waals surface area (Å²) in [6.45, 7) is 2.16. The molecule has 0 heterocycles. The first-order chi connectivity index (χ1) is 10.3. The number of hydrogen-bond acceptors (Lipinski definition) is 3. The first-order valence-electron chi connectivity index (χ1n) is 6.81. The number of alkyl halides is 1. The Balaban J connectivity index is 2.42. The maximum Gasteiger partial charge on any atom is 0.137 e. The highest BCUT2D eigenvalue weighted by Gasteiger charge is 2.03. The maximum absolute atomic E-state index is 13.3. The fourth-order valence-electron chi connectivity index (χ4n) is 1.51. The van der Waals surface area contributed by atoms with Crippen LogP contribution in [0.25, 0.3) is 0 Å². The lowest BCUT2D eigenvalue weighted by Crippen LogP contribution is -2.07. The minimum Gasteiger partial charge on any atom is -0.492 e. The van der Waals surface area contributed by atoms with E-state index >= 15 is 0 Å². The van der Waals surface area contributed by atoms with Gasteiger partial charge in [-0.2, -0.15) is 0 Å². The molecule has 0 aliphatic carbocycles. The normalized spacial score (nSPS) is 10.0. The Bertz CT molecular complexity index is 468. The summed E-state index contributed by atoms with van der Waals surface area (Å²) in [5.41, 5.74) is 0.668. The van der Waals surface area contributed by atoms with E-state index in [0.717, 1.165) is 6.42 Å². The number of rotatable bonds is 9. The SMILES string of the molecule is COCCOCCCOc1cc(F)ccc1C#CCCCl. The van der Waals surface area contributed by atoms with Crippen LogP contribution in [0.15, 0.2) is 18.2 Å². The Kier molecular flexibility index (Phi) is 9.64. The molecule has 0 saturated carbocycles. The van der Waals surface area contributed by atoms with Crippen molar-refractivity contribution in [1.82, 2.24) is 0 Å². The molecule has 0 radical (unpaired) electrons. The highest BCUT2D eigenvalue weighted by Crippen LogP contribution is 2.19. The lowest BCUT2D eigenvalue weighted by molar-refractivity contribution is 0.0644. The second kappa shape index (κ2) is 11.4. The molecule has 116 valence electrons. The molecular formula is C16H20ClFO3. The van der Waals surface area contributed by atoms with E-state index in [9.17, 15) is 4.39 Å². The largest absolute Gasteiger partial charge is 0.492 e. The monoisotopic (exact) mass is 314 g/mol. The van der Waals surface area contributed by atoms with Gasteiger partial charge in [0.1, 0.15) is 11.6 Å². The van der Waals surface area contributed by atoms with Crippen LogP contribution >= 0.6 is 11.6 Å². The summed E-state index contributed by atoms with van der Waals surface area (Å²) < 4.78 is 29.0. The summed E-state index contributed by atoms with van der Waals surface area (Å²) in [6.07, 6.45) is 1.31. The van der Waals surface area contributed by atoms with Gasteiger partial charge < -0.3 is 14.2 Å². The Hall–Kier alpha value is -1.28. The highest BCUT2D eigenvalue weighted by atomic mass is 35.5. The van der Waals surface area contributed by atoms with Gasteiger partial charge in [0.2, 0.25) is 0 Å². The molecule has 0 aliphatic heterocycles. The van der Waals surface area contributed by atoms with Gasteiger partial charge in [-0.1, -0.05) is 11.8 Å². The first kappa shape index (κ1) is 17.8. The van der Waals surface area contributed by atoms with Crippen LogP contribution < -0.4 is 4.74 Å². The molecule has 0 unspecified atom stereocenters. The van der Waals surface area contributed by atoms with E-state index in [2.05, 4.69) is 11.8 Å². The molecule has 0 saturated heterocycles. The second-order valence-electron chi connectivity index (χ2n) is 4.19. The molecule has 1 aromatic rings. The Morgan fingerprint density at radius 1 is 1.19 bits per heavy atom. The van der Waals surface area contributed by atoms with E-state index in [4.69, 9.17) is 25.8 Å². The molecule has 1 rings (SSSR count). The van der Waals surface area contributed by atoms with Gasteiger partial charge in [0.15, 0.2) is 0 Å². The molecule has 1 aromatic carbocycles. The molecule has 3 nitrogen and oxygen atoms in total. The van der Waals surface area contributed by atoms with Crippen LogP contribution in [-0.4, -0.2) is 39.4 Å². The lowest BCUT2D eigenvalue weighted by atomic mass is 10.2. The zero-order valence-corrected chi connectivity index (χ0v) is 12.9. The van der Waals surface area contributed by atoms with Crippen molar-refractivity contribution in [2.75, 3.05) is 39.4 Å². The Morgan fingerprint density at radius 3 is 2.81 bits per heavy atom. The lowest BCUT2D eigenvalue weighted by Gasteiger charge is -2.09. The van der Waals surface area contributed by atoms with Crippen molar-refractivity contribution < 1.29 is 18.6 Å². The molecule has 0 fully saturated rings. The molecule has 0 spiro atoms. The zero-order chi connectivity index (χ0) is 15.3. The van der Waals surface area contributed by atoms with Gasteiger partial charge in [-0.05, 0) is 12.1 Å². The molecule has 0 aromatic heterocycles. The summed E-state index contributed by atoms with van der Waals surface area (Å²) in [4.78, 5) is 0. The van der Waals surface area contributed by atoms with E-state index in [-0.39, 0.29) is 5.82 Å². The third kappa shape index (κ3) is 7.91. The Labute approximate surface area is 130 Å². The molecular weight excluding hydrogens is 295 g/mol. The van der Waals surface area contributed by atoms with Gasteiger partial charge in [0.05, 0.1) is 25.4 Å². The van der Waals surface area contributed by atoms with Crippen LogP contribution in [-0.2, 0) is 9.47 Å². The topological polar surface area (TPSA) is 27.7 Å². The van der Waals surface area contributed by atoms with Crippen molar-refractivity contribution in [3.05, 3.63) is 29.6 Å². The van der Waals surface area contributed by atoms with Gasteiger partial charge in [-0.3, -0.25) is 0 Å². The number of methoxy groups -OCH3 is 1.